The number of aromatic nitrogens is 2. The van der Waals surface area contributed by atoms with Crippen molar-refractivity contribution in [3.63, 3.8) is 0 Å². The average molecular weight is 289 g/mol. The molecular formula is C15H23N5O. The van der Waals surface area contributed by atoms with Gasteiger partial charge in [-0.1, -0.05) is 0 Å². The van der Waals surface area contributed by atoms with Crippen LogP contribution in [0.2, 0.25) is 0 Å². The maximum absolute atomic E-state index is 5.36. The lowest BCUT2D eigenvalue weighted by Gasteiger charge is -2.27. The molecule has 2 atom stereocenters. The third kappa shape index (κ3) is 2.75. The fraction of sp³-hybridized carbons (Fsp3) is 0.733. The Labute approximate surface area is 125 Å². The highest BCUT2D eigenvalue weighted by atomic mass is 16.5. The van der Waals surface area contributed by atoms with E-state index in [9.17, 15) is 0 Å². The number of ether oxygens (including phenoxy) is 1. The van der Waals surface area contributed by atoms with Crippen LogP contribution in [0.15, 0.2) is 12.4 Å². The Balaban J connectivity index is 1.39. The van der Waals surface area contributed by atoms with E-state index < -0.39 is 0 Å². The Bertz CT molecular complexity index is 473. The zero-order valence-electron chi connectivity index (χ0n) is 12.4. The molecule has 0 aromatic carbocycles. The van der Waals surface area contributed by atoms with E-state index in [0.717, 1.165) is 51.3 Å². The number of hydrogen-bond acceptors (Lipinski definition) is 6. The summed E-state index contributed by atoms with van der Waals surface area (Å²) in [5.41, 5.74) is 1.22. The molecule has 4 rings (SSSR count). The average Bonchev–Trinajstić information content (AvgIpc) is 3.14. The molecule has 3 fully saturated rings. The first-order chi connectivity index (χ1) is 10.4. The summed E-state index contributed by atoms with van der Waals surface area (Å²) in [5.74, 6) is 1.68. The zero-order valence-corrected chi connectivity index (χ0v) is 12.4. The molecule has 0 saturated carbocycles. The molecular weight excluding hydrogens is 266 g/mol. The van der Waals surface area contributed by atoms with Crippen molar-refractivity contribution in [2.75, 3.05) is 50.8 Å². The molecule has 6 nitrogen and oxygen atoms in total. The second kappa shape index (κ2) is 5.87. The van der Waals surface area contributed by atoms with Gasteiger partial charge in [-0.25, -0.2) is 9.97 Å². The van der Waals surface area contributed by atoms with Crippen LogP contribution in [0.1, 0.15) is 12.0 Å². The van der Waals surface area contributed by atoms with Crippen LogP contribution < -0.4 is 10.2 Å². The molecule has 3 aliphatic heterocycles. The zero-order chi connectivity index (χ0) is 14.1. The Morgan fingerprint density at radius 3 is 2.76 bits per heavy atom. The predicted octanol–water partition coefficient (Wildman–Crippen LogP) is 0.107. The first-order valence-electron chi connectivity index (χ1n) is 7.98. The smallest absolute Gasteiger partial charge is 0.225 e. The highest BCUT2D eigenvalue weighted by Crippen LogP contribution is 2.28. The highest BCUT2D eigenvalue weighted by Gasteiger charge is 2.37. The van der Waals surface area contributed by atoms with Crippen LogP contribution in [0.3, 0.4) is 0 Å². The standard InChI is InChI=1S/C15H23N5O/c1-2-20(14-10-16-9-13(1)14)11-12-7-17-15(18-8-12)19-3-5-21-6-4-19/h7-8,13-14,16H,1-6,9-11H2/t13-,14+/m1/s1. The van der Waals surface area contributed by atoms with Gasteiger partial charge in [-0.2, -0.15) is 0 Å². The Kier molecular flexibility index (Phi) is 3.75. The van der Waals surface area contributed by atoms with Crippen LogP contribution in [0.5, 0.6) is 0 Å². The molecule has 1 N–H and O–H groups in total. The number of morpholine rings is 1. The molecule has 0 radical (unpaired) electrons. The maximum atomic E-state index is 5.36. The van der Waals surface area contributed by atoms with Gasteiger partial charge in [0.25, 0.3) is 0 Å². The number of anilines is 1. The van der Waals surface area contributed by atoms with Crippen molar-refractivity contribution in [2.24, 2.45) is 5.92 Å². The predicted molar refractivity (Wildman–Crippen MR) is 80.2 cm³/mol. The van der Waals surface area contributed by atoms with Gasteiger partial charge in [-0.15, -0.1) is 0 Å². The summed E-state index contributed by atoms with van der Waals surface area (Å²) >= 11 is 0. The summed E-state index contributed by atoms with van der Waals surface area (Å²) in [4.78, 5) is 13.9. The van der Waals surface area contributed by atoms with Crippen LogP contribution in [-0.2, 0) is 11.3 Å². The fourth-order valence-corrected chi connectivity index (χ4v) is 3.73. The first-order valence-corrected chi connectivity index (χ1v) is 7.98. The van der Waals surface area contributed by atoms with Gasteiger partial charge < -0.3 is 15.0 Å². The van der Waals surface area contributed by atoms with Crippen molar-refractivity contribution in [1.29, 1.82) is 0 Å². The highest BCUT2D eigenvalue weighted by molar-refractivity contribution is 5.30. The van der Waals surface area contributed by atoms with Gasteiger partial charge in [0.1, 0.15) is 0 Å². The van der Waals surface area contributed by atoms with Gasteiger partial charge >= 0.3 is 0 Å². The molecule has 0 spiro atoms. The minimum atomic E-state index is 0.712. The van der Waals surface area contributed by atoms with Gasteiger partial charge in [-0.05, 0) is 25.4 Å². The molecule has 3 saturated heterocycles. The van der Waals surface area contributed by atoms with E-state index in [-0.39, 0.29) is 0 Å². The summed E-state index contributed by atoms with van der Waals surface area (Å²) < 4.78 is 5.36. The monoisotopic (exact) mass is 289 g/mol. The first kappa shape index (κ1) is 13.4. The second-order valence-corrected chi connectivity index (χ2v) is 6.24. The minimum Gasteiger partial charge on any atom is -0.378 e. The van der Waals surface area contributed by atoms with Crippen LogP contribution in [0.25, 0.3) is 0 Å². The third-order valence-electron chi connectivity index (χ3n) is 4.93. The lowest BCUT2D eigenvalue weighted by Crippen LogP contribution is -2.37. The van der Waals surface area contributed by atoms with Crippen LogP contribution in [0.4, 0.5) is 5.95 Å². The molecule has 0 bridgehead atoms. The Hall–Kier alpha value is -1.24. The van der Waals surface area contributed by atoms with Gasteiger partial charge in [0.15, 0.2) is 0 Å². The van der Waals surface area contributed by atoms with E-state index in [1.54, 1.807) is 0 Å². The number of rotatable bonds is 3. The van der Waals surface area contributed by atoms with E-state index in [2.05, 4.69) is 25.1 Å². The Morgan fingerprint density at radius 2 is 1.95 bits per heavy atom. The summed E-state index contributed by atoms with van der Waals surface area (Å²) in [5, 5.41) is 3.50. The number of nitrogens with zero attached hydrogens (tertiary/aromatic N) is 4. The number of likely N-dealkylation sites (tertiary alicyclic amines) is 1. The normalized spacial score (nSPS) is 29.8. The van der Waals surface area contributed by atoms with E-state index in [0.29, 0.717) is 6.04 Å². The number of hydrogen-bond donors (Lipinski definition) is 1. The van der Waals surface area contributed by atoms with E-state index in [1.165, 1.54) is 25.1 Å². The Morgan fingerprint density at radius 1 is 1.14 bits per heavy atom. The van der Waals surface area contributed by atoms with Gasteiger partial charge in [0, 0.05) is 50.2 Å². The van der Waals surface area contributed by atoms with Crippen LogP contribution in [-0.4, -0.2) is 66.8 Å². The minimum absolute atomic E-state index is 0.712. The van der Waals surface area contributed by atoms with Gasteiger partial charge in [0.2, 0.25) is 5.95 Å². The molecule has 21 heavy (non-hydrogen) atoms. The molecule has 1 aromatic rings. The van der Waals surface area contributed by atoms with E-state index in [4.69, 9.17) is 4.74 Å². The summed E-state index contributed by atoms with van der Waals surface area (Å²) in [6.45, 7) is 7.84. The van der Waals surface area contributed by atoms with E-state index >= 15 is 0 Å². The molecule has 1 aromatic heterocycles. The summed E-state index contributed by atoms with van der Waals surface area (Å²) in [7, 11) is 0. The van der Waals surface area contributed by atoms with Gasteiger partial charge in [0.05, 0.1) is 13.2 Å². The van der Waals surface area contributed by atoms with Crippen molar-refractivity contribution < 1.29 is 4.74 Å². The summed E-state index contributed by atoms with van der Waals surface area (Å²) in [6, 6.07) is 0.712. The maximum Gasteiger partial charge on any atom is 0.225 e. The fourth-order valence-electron chi connectivity index (χ4n) is 3.73. The lowest BCUT2D eigenvalue weighted by atomic mass is 10.1. The van der Waals surface area contributed by atoms with Gasteiger partial charge in [-0.3, -0.25) is 4.90 Å². The van der Waals surface area contributed by atoms with E-state index in [1.807, 2.05) is 12.4 Å². The molecule has 0 aliphatic carbocycles. The van der Waals surface area contributed by atoms with Crippen molar-refractivity contribution in [2.45, 2.75) is 19.0 Å². The largest absolute Gasteiger partial charge is 0.378 e. The van der Waals surface area contributed by atoms with Crippen molar-refractivity contribution in [3.05, 3.63) is 18.0 Å². The molecule has 4 heterocycles. The molecule has 0 amide bonds. The molecule has 6 heteroatoms. The second-order valence-electron chi connectivity index (χ2n) is 6.24. The number of nitrogens with one attached hydrogen (secondary N) is 1. The third-order valence-corrected chi connectivity index (χ3v) is 4.93. The van der Waals surface area contributed by atoms with Crippen LogP contribution >= 0.6 is 0 Å². The molecule has 3 aliphatic rings. The SMILES string of the molecule is c1nc(N2CCOCC2)ncc1CN1CC[C@@H]2CNC[C@@H]21. The van der Waals surface area contributed by atoms with Crippen molar-refractivity contribution in [3.8, 4) is 0 Å². The van der Waals surface area contributed by atoms with Crippen molar-refractivity contribution >= 4 is 5.95 Å². The quantitative estimate of drug-likeness (QED) is 0.852. The molecule has 0 unspecified atom stereocenters. The topological polar surface area (TPSA) is 53.5 Å². The van der Waals surface area contributed by atoms with Crippen molar-refractivity contribution in [1.82, 2.24) is 20.2 Å². The van der Waals surface area contributed by atoms with Crippen LogP contribution in [0, 0.1) is 5.92 Å². The number of fused-ring (bicyclic) bond motifs is 1. The molecule has 114 valence electrons. The lowest BCUT2D eigenvalue weighted by molar-refractivity contribution is 0.122. The summed E-state index contributed by atoms with van der Waals surface area (Å²) in [6.07, 6.45) is 5.31.